The van der Waals surface area contributed by atoms with E-state index in [-0.39, 0.29) is 17.5 Å². The van der Waals surface area contributed by atoms with Gasteiger partial charge in [-0.3, -0.25) is 4.90 Å². The van der Waals surface area contributed by atoms with Crippen LogP contribution in [0.4, 0.5) is 0 Å². The Balaban J connectivity index is 2.05. The molecule has 0 bridgehead atoms. The Morgan fingerprint density at radius 2 is 2.00 bits per heavy atom. The molecule has 1 aromatic heterocycles. The molecule has 23 heavy (non-hydrogen) atoms. The number of carbonyl (C=O) groups excluding carboxylic acids is 1. The molecule has 2 aromatic rings. The smallest absolute Gasteiger partial charge is 0.141 e. The van der Waals surface area contributed by atoms with E-state index in [2.05, 4.69) is 35.9 Å². The number of hydrogen-bond acceptors (Lipinski definition) is 5. The number of nitrogens with zero attached hydrogens (tertiary/aromatic N) is 2. The summed E-state index contributed by atoms with van der Waals surface area (Å²) in [6.45, 7) is 4.24. The average Bonchev–Trinajstić information content (AvgIpc) is 2.59. The first-order valence-corrected chi connectivity index (χ1v) is 8.52. The zero-order chi connectivity index (χ0) is 16.4. The standard InChI is InChI=1S/C18H20N2O2S/c1-12(2)20-16(11-21)15-5-4-10-19-17(15)23-18(20)13-6-8-14(22-3)9-7-13/h4-12,16,18H,1-3H3. The predicted octanol–water partition coefficient (Wildman–Crippen LogP) is 3.85. The van der Waals surface area contributed by atoms with Gasteiger partial charge in [0.25, 0.3) is 0 Å². The first kappa shape index (κ1) is 16.0. The molecule has 0 fully saturated rings. The number of methoxy groups -OCH3 is 1. The molecule has 3 rings (SSSR count). The van der Waals surface area contributed by atoms with Gasteiger partial charge in [0.05, 0.1) is 18.5 Å². The number of rotatable bonds is 4. The molecule has 0 saturated heterocycles. The highest BCUT2D eigenvalue weighted by Crippen LogP contribution is 2.49. The van der Waals surface area contributed by atoms with Crippen molar-refractivity contribution in [2.45, 2.75) is 36.3 Å². The number of carbonyl (C=O) groups is 1. The first-order chi connectivity index (χ1) is 11.2. The SMILES string of the molecule is COc1ccc(C2Sc3ncccc3C(C=O)N2C(C)C)cc1. The first-order valence-electron chi connectivity index (χ1n) is 7.64. The summed E-state index contributed by atoms with van der Waals surface area (Å²) in [5.74, 6) is 0.830. The number of fused-ring (bicyclic) bond motifs is 1. The Bertz CT molecular complexity index is 688. The summed E-state index contributed by atoms with van der Waals surface area (Å²) < 4.78 is 5.24. The van der Waals surface area contributed by atoms with Gasteiger partial charge in [0.1, 0.15) is 17.1 Å². The van der Waals surface area contributed by atoms with E-state index in [4.69, 9.17) is 4.74 Å². The fourth-order valence-corrected chi connectivity index (χ4v) is 4.39. The van der Waals surface area contributed by atoms with Crippen molar-refractivity contribution >= 4 is 18.0 Å². The number of ether oxygens (including phenoxy) is 1. The topological polar surface area (TPSA) is 42.4 Å². The van der Waals surface area contributed by atoms with Gasteiger partial charge < -0.3 is 9.53 Å². The van der Waals surface area contributed by atoms with Crippen LogP contribution in [-0.2, 0) is 4.79 Å². The number of hydrogen-bond donors (Lipinski definition) is 0. The van der Waals surface area contributed by atoms with E-state index in [1.807, 2.05) is 24.3 Å². The van der Waals surface area contributed by atoms with Gasteiger partial charge in [-0.25, -0.2) is 4.98 Å². The quantitative estimate of drug-likeness (QED) is 0.798. The Morgan fingerprint density at radius 3 is 2.61 bits per heavy atom. The molecular weight excluding hydrogens is 308 g/mol. The van der Waals surface area contributed by atoms with Crippen LogP contribution in [0.25, 0.3) is 0 Å². The molecule has 2 unspecified atom stereocenters. The molecule has 4 nitrogen and oxygen atoms in total. The van der Waals surface area contributed by atoms with Crippen LogP contribution in [0, 0.1) is 0 Å². The van der Waals surface area contributed by atoms with Crippen molar-refractivity contribution in [1.29, 1.82) is 0 Å². The minimum Gasteiger partial charge on any atom is -0.497 e. The van der Waals surface area contributed by atoms with Crippen molar-refractivity contribution < 1.29 is 9.53 Å². The number of aldehydes is 1. The van der Waals surface area contributed by atoms with Gasteiger partial charge in [-0.05, 0) is 37.6 Å². The minimum absolute atomic E-state index is 0.0542. The van der Waals surface area contributed by atoms with Crippen molar-refractivity contribution in [3.05, 3.63) is 53.7 Å². The van der Waals surface area contributed by atoms with E-state index in [9.17, 15) is 4.79 Å². The summed E-state index contributed by atoms with van der Waals surface area (Å²) in [4.78, 5) is 18.5. The highest BCUT2D eigenvalue weighted by atomic mass is 32.2. The van der Waals surface area contributed by atoms with E-state index < -0.39 is 0 Å². The van der Waals surface area contributed by atoms with Crippen LogP contribution in [-0.4, -0.2) is 29.3 Å². The lowest BCUT2D eigenvalue weighted by atomic mass is 10.0. The van der Waals surface area contributed by atoms with Crippen LogP contribution in [0.3, 0.4) is 0 Å². The van der Waals surface area contributed by atoms with E-state index in [1.54, 1.807) is 25.1 Å². The second kappa shape index (κ2) is 6.72. The molecule has 0 saturated carbocycles. The Morgan fingerprint density at radius 1 is 1.26 bits per heavy atom. The molecule has 2 atom stereocenters. The number of aromatic nitrogens is 1. The zero-order valence-corrected chi connectivity index (χ0v) is 14.3. The molecule has 0 N–H and O–H groups in total. The zero-order valence-electron chi connectivity index (χ0n) is 13.5. The van der Waals surface area contributed by atoms with E-state index >= 15 is 0 Å². The van der Waals surface area contributed by atoms with Gasteiger partial charge in [0.15, 0.2) is 0 Å². The molecular formula is C18H20N2O2S. The fraction of sp³-hybridized carbons (Fsp3) is 0.333. The Hall–Kier alpha value is -1.85. The summed E-state index contributed by atoms with van der Waals surface area (Å²) in [5, 5.41) is 0.987. The van der Waals surface area contributed by atoms with Crippen LogP contribution in [0.5, 0.6) is 5.75 Å². The van der Waals surface area contributed by atoms with E-state index in [0.29, 0.717) is 0 Å². The normalized spacial score (nSPS) is 21.0. The molecule has 2 heterocycles. The molecule has 0 radical (unpaired) electrons. The maximum atomic E-state index is 11.8. The molecule has 1 aliphatic heterocycles. The van der Waals surface area contributed by atoms with Gasteiger partial charge in [0.2, 0.25) is 0 Å². The second-order valence-corrected chi connectivity index (χ2v) is 6.83. The summed E-state index contributed by atoms with van der Waals surface area (Å²) in [6.07, 6.45) is 2.81. The highest BCUT2D eigenvalue weighted by molar-refractivity contribution is 7.99. The van der Waals surface area contributed by atoms with Crippen molar-refractivity contribution in [2.24, 2.45) is 0 Å². The molecule has 120 valence electrons. The molecule has 1 aliphatic rings. The largest absolute Gasteiger partial charge is 0.497 e. The Kier molecular flexibility index (Phi) is 4.68. The van der Waals surface area contributed by atoms with E-state index in [1.165, 1.54) is 0 Å². The second-order valence-electron chi connectivity index (χ2n) is 5.76. The number of pyridine rings is 1. The average molecular weight is 328 g/mol. The van der Waals surface area contributed by atoms with Crippen LogP contribution in [0.2, 0.25) is 0 Å². The molecule has 0 spiro atoms. The minimum atomic E-state index is -0.271. The lowest BCUT2D eigenvalue weighted by Crippen LogP contribution is -2.40. The summed E-state index contributed by atoms with van der Waals surface area (Å²) >= 11 is 1.69. The van der Waals surface area contributed by atoms with Crippen molar-refractivity contribution in [3.8, 4) is 5.75 Å². The monoisotopic (exact) mass is 328 g/mol. The van der Waals surface area contributed by atoms with Gasteiger partial charge in [-0.2, -0.15) is 0 Å². The Labute approximate surface area is 140 Å². The van der Waals surface area contributed by atoms with Gasteiger partial charge in [-0.15, -0.1) is 0 Å². The van der Waals surface area contributed by atoms with Crippen LogP contribution >= 0.6 is 11.8 Å². The summed E-state index contributed by atoms with van der Waals surface area (Å²) in [6, 6.07) is 11.9. The third-order valence-corrected chi connectivity index (χ3v) is 5.36. The third-order valence-electron chi connectivity index (χ3n) is 4.06. The molecule has 1 aromatic carbocycles. The van der Waals surface area contributed by atoms with Crippen molar-refractivity contribution in [2.75, 3.05) is 7.11 Å². The highest BCUT2D eigenvalue weighted by Gasteiger charge is 2.37. The maximum absolute atomic E-state index is 11.8. The maximum Gasteiger partial charge on any atom is 0.141 e. The summed E-state index contributed by atoms with van der Waals surface area (Å²) in [7, 11) is 1.66. The number of thioether (sulfide) groups is 1. The van der Waals surface area contributed by atoms with Crippen LogP contribution in [0.1, 0.15) is 36.4 Å². The predicted molar refractivity (Wildman–Crippen MR) is 91.6 cm³/mol. The number of benzene rings is 1. The third kappa shape index (κ3) is 2.99. The molecule has 5 heteroatoms. The lowest BCUT2D eigenvalue weighted by Gasteiger charge is -2.42. The van der Waals surface area contributed by atoms with Crippen LogP contribution < -0.4 is 4.74 Å². The van der Waals surface area contributed by atoms with Gasteiger partial charge >= 0.3 is 0 Å². The van der Waals surface area contributed by atoms with E-state index in [0.717, 1.165) is 28.2 Å². The lowest BCUT2D eigenvalue weighted by molar-refractivity contribution is -0.114. The van der Waals surface area contributed by atoms with Crippen molar-refractivity contribution in [1.82, 2.24) is 9.88 Å². The fourth-order valence-electron chi connectivity index (χ4n) is 2.94. The van der Waals surface area contributed by atoms with Crippen molar-refractivity contribution in [3.63, 3.8) is 0 Å². The molecule has 0 aliphatic carbocycles. The van der Waals surface area contributed by atoms with Gasteiger partial charge in [0, 0.05) is 17.8 Å². The van der Waals surface area contributed by atoms with Crippen LogP contribution in [0.15, 0.2) is 47.6 Å². The summed E-state index contributed by atoms with van der Waals surface area (Å²) in [5.41, 5.74) is 2.14. The molecule has 0 amide bonds. The van der Waals surface area contributed by atoms with Gasteiger partial charge in [-0.1, -0.05) is 30.0 Å².